The number of fused-ring (bicyclic) bond motifs is 1. The molecule has 84 valence electrons. The van der Waals surface area contributed by atoms with Gasteiger partial charge in [-0.1, -0.05) is 41.0 Å². The summed E-state index contributed by atoms with van der Waals surface area (Å²) in [6.07, 6.45) is 1.36. The smallest absolute Gasteiger partial charge is 0.262 e. The molecule has 0 radical (unpaired) electrons. The molecule has 0 atom stereocenters. The van der Waals surface area contributed by atoms with E-state index in [1.54, 1.807) is 0 Å². The second-order valence-corrected chi connectivity index (χ2v) is 4.05. The molecule has 5 heteroatoms. The van der Waals surface area contributed by atoms with Gasteiger partial charge in [0.2, 0.25) is 0 Å². The van der Waals surface area contributed by atoms with E-state index >= 15 is 0 Å². The molecular formula is C12H8ClN3O. The van der Waals surface area contributed by atoms with E-state index in [2.05, 4.69) is 15.1 Å². The number of benzene rings is 1. The van der Waals surface area contributed by atoms with Gasteiger partial charge in [0.15, 0.2) is 0 Å². The van der Waals surface area contributed by atoms with Crippen LogP contribution in [0.4, 0.5) is 0 Å². The summed E-state index contributed by atoms with van der Waals surface area (Å²) in [4.78, 5) is 7.94. The van der Waals surface area contributed by atoms with Gasteiger partial charge in [0.1, 0.15) is 22.6 Å². The predicted molar refractivity (Wildman–Crippen MR) is 64.8 cm³/mol. The van der Waals surface area contributed by atoms with Crippen LogP contribution < -0.4 is 0 Å². The van der Waals surface area contributed by atoms with Gasteiger partial charge in [-0.2, -0.15) is 4.98 Å². The lowest BCUT2D eigenvalue weighted by Crippen LogP contribution is -1.85. The second-order valence-electron chi connectivity index (χ2n) is 3.69. The van der Waals surface area contributed by atoms with Gasteiger partial charge >= 0.3 is 0 Å². The minimum atomic E-state index is 0.356. The highest BCUT2D eigenvalue weighted by Gasteiger charge is 2.16. The molecule has 0 spiro atoms. The fourth-order valence-electron chi connectivity index (χ4n) is 1.77. The molecule has 0 saturated heterocycles. The molecule has 0 aliphatic carbocycles. The Balaban J connectivity index is 2.36. The zero-order valence-electron chi connectivity index (χ0n) is 9.01. The normalized spacial score (nSPS) is 10.9. The van der Waals surface area contributed by atoms with Crippen LogP contribution in [0.5, 0.6) is 0 Å². The minimum absolute atomic E-state index is 0.356. The van der Waals surface area contributed by atoms with Crippen LogP contribution >= 0.6 is 11.6 Å². The van der Waals surface area contributed by atoms with Crippen LogP contribution in [0.3, 0.4) is 0 Å². The van der Waals surface area contributed by atoms with Crippen LogP contribution in [0.1, 0.15) is 5.56 Å². The maximum absolute atomic E-state index is 6.05. The topological polar surface area (TPSA) is 51.8 Å². The molecule has 0 amide bonds. The van der Waals surface area contributed by atoms with Crippen LogP contribution in [-0.4, -0.2) is 15.1 Å². The molecule has 0 N–H and O–H groups in total. The average Bonchev–Trinajstić information content (AvgIpc) is 2.75. The van der Waals surface area contributed by atoms with Crippen molar-refractivity contribution in [3.63, 3.8) is 0 Å². The Morgan fingerprint density at radius 1 is 1.18 bits per heavy atom. The van der Waals surface area contributed by atoms with Crippen molar-refractivity contribution in [1.82, 2.24) is 15.1 Å². The Bertz CT molecular complexity index is 693. The summed E-state index contributed by atoms with van der Waals surface area (Å²) >= 11 is 6.05. The van der Waals surface area contributed by atoms with Crippen molar-refractivity contribution >= 4 is 22.7 Å². The fraction of sp³-hybridized carbons (Fsp3) is 0.0833. The molecule has 0 saturated carbocycles. The third-order valence-corrected chi connectivity index (χ3v) is 2.91. The van der Waals surface area contributed by atoms with Crippen molar-refractivity contribution in [3.05, 3.63) is 41.3 Å². The highest BCUT2D eigenvalue weighted by molar-refractivity contribution is 6.34. The van der Waals surface area contributed by atoms with E-state index in [1.807, 2.05) is 31.2 Å². The third kappa shape index (κ3) is 1.57. The molecule has 4 nitrogen and oxygen atoms in total. The molecular weight excluding hydrogens is 238 g/mol. The van der Waals surface area contributed by atoms with Crippen LogP contribution in [-0.2, 0) is 0 Å². The molecule has 2 heterocycles. The molecule has 2 aromatic heterocycles. The Hall–Kier alpha value is -1.94. The van der Waals surface area contributed by atoms with Gasteiger partial charge in [-0.25, -0.2) is 4.98 Å². The molecule has 0 aliphatic heterocycles. The van der Waals surface area contributed by atoms with E-state index in [9.17, 15) is 0 Å². The van der Waals surface area contributed by atoms with Crippen molar-refractivity contribution in [3.8, 4) is 11.3 Å². The van der Waals surface area contributed by atoms with E-state index in [4.69, 9.17) is 16.1 Å². The monoisotopic (exact) mass is 245 g/mol. The summed E-state index contributed by atoms with van der Waals surface area (Å²) in [5.41, 5.74) is 3.16. The molecule has 17 heavy (non-hydrogen) atoms. The number of aromatic nitrogens is 3. The minimum Gasteiger partial charge on any atom is -0.335 e. The maximum Gasteiger partial charge on any atom is 0.262 e. The Labute approximate surface area is 102 Å². The fourth-order valence-corrected chi connectivity index (χ4v) is 1.99. The van der Waals surface area contributed by atoms with Gasteiger partial charge in [-0.15, -0.1) is 0 Å². The Morgan fingerprint density at radius 2 is 2.00 bits per heavy atom. The van der Waals surface area contributed by atoms with Gasteiger partial charge in [0.25, 0.3) is 5.71 Å². The number of hydrogen-bond donors (Lipinski definition) is 0. The lowest BCUT2D eigenvalue weighted by Gasteiger charge is -2.01. The molecule has 3 rings (SSSR count). The first-order valence-corrected chi connectivity index (χ1v) is 5.47. The number of rotatable bonds is 1. The molecule has 0 unspecified atom stereocenters. The van der Waals surface area contributed by atoms with Crippen LogP contribution in [0, 0.1) is 6.92 Å². The summed E-state index contributed by atoms with van der Waals surface area (Å²) < 4.78 is 5.15. The summed E-state index contributed by atoms with van der Waals surface area (Å²) in [6, 6.07) is 7.89. The second kappa shape index (κ2) is 3.82. The predicted octanol–water partition coefficient (Wildman–Crippen LogP) is 3.25. The number of nitrogens with zero attached hydrogens (tertiary/aromatic N) is 3. The van der Waals surface area contributed by atoms with E-state index in [0.717, 1.165) is 11.1 Å². The number of halogens is 1. The lowest BCUT2D eigenvalue weighted by molar-refractivity contribution is 0.451. The quantitative estimate of drug-likeness (QED) is 0.618. The Morgan fingerprint density at radius 3 is 2.82 bits per heavy atom. The van der Waals surface area contributed by atoms with Crippen molar-refractivity contribution in [1.29, 1.82) is 0 Å². The first-order chi connectivity index (χ1) is 8.27. The first-order valence-electron chi connectivity index (χ1n) is 5.09. The van der Waals surface area contributed by atoms with Crippen molar-refractivity contribution in [2.75, 3.05) is 0 Å². The van der Waals surface area contributed by atoms with Crippen LogP contribution in [0.2, 0.25) is 5.15 Å². The zero-order valence-corrected chi connectivity index (χ0v) is 9.77. The molecule has 3 aromatic rings. The third-order valence-electron chi connectivity index (χ3n) is 2.63. The van der Waals surface area contributed by atoms with Gasteiger partial charge in [-0.05, 0) is 12.5 Å². The van der Waals surface area contributed by atoms with Crippen molar-refractivity contribution in [2.24, 2.45) is 0 Å². The maximum atomic E-state index is 6.05. The standard InChI is InChI=1S/C12H8ClN3O/c1-7-4-2-3-5-8(7)10-9-11(13)14-6-15-12(9)17-16-10/h2-6H,1H3. The lowest BCUT2D eigenvalue weighted by atomic mass is 10.0. The SMILES string of the molecule is Cc1ccccc1-c1noc2ncnc(Cl)c12. The van der Waals surface area contributed by atoms with Gasteiger partial charge in [0, 0.05) is 5.56 Å². The zero-order chi connectivity index (χ0) is 11.8. The highest BCUT2D eigenvalue weighted by atomic mass is 35.5. The van der Waals surface area contributed by atoms with E-state index in [0.29, 0.717) is 21.9 Å². The van der Waals surface area contributed by atoms with E-state index in [1.165, 1.54) is 6.33 Å². The summed E-state index contributed by atoms with van der Waals surface area (Å²) in [5.74, 6) is 0. The van der Waals surface area contributed by atoms with E-state index < -0.39 is 0 Å². The molecule has 0 bridgehead atoms. The average molecular weight is 246 g/mol. The van der Waals surface area contributed by atoms with Crippen LogP contribution in [0.25, 0.3) is 22.4 Å². The van der Waals surface area contributed by atoms with Crippen LogP contribution in [0.15, 0.2) is 35.1 Å². The Kier molecular flexibility index (Phi) is 2.30. The van der Waals surface area contributed by atoms with Crippen molar-refractivity contribution in [2.45, 2.75) is 6.92 Å². The number of aryl methyl sites for hydroxylation is 1. The van der Waals surface area contributed by atoms with Crippen molar-refractivity contribution < 1.29 is 4.52 Å². The van der Waals surface area contributed by atoms with E-state index in [-0.39, 0.29) is 0 Å². The van der Waals surface area contributed by atoms with Gasteiger partial charge < -0.3 is 4.52 Å². The highest BCUT2D eigenvalue weighted by Crippen LogP contribution is 2.32. The van der Waals surface area contributed by atoms with Gasteiger partial charge in [0.05, 0.1) is 0 Å². The largest absolute Gasteiger partial charge is 0.335 e. The van der Waals surface area contributed by atoms with Gasteiger partial charge in [-0.3, -0.25) is 0 Å². The molecule has 0 fully saturated rings. The number of hydrogen-bond acceptors (Lipinski definition) is 4. The first kappa shape index (κ1) is 10.2. The molecule has 0 aliphatic rings. The summed E-state index contributed by atoms with van der Waals surface area (Å²) in [7, 11) is 0. The summed E-state index contributed by atoms with van der Waals surface area (Å²) in [5, 5.41) is 5.04. The summed E-state index contributed by atoms with van der Waals surface area (Å²) in [6.45, 7) is 2.01. The molecule has 1 aromatic carbocycles.